The maximum Gasteiger partial charge on any atom is 0.318 e. The van der Waals surface area contributed by atoms with Crippen LogP contribution in [-0.2, 0) is 16.1 Å². The van der Waals surface area contributed by atoms with Gasteiger partial charge in [0.25, 0.3) is 0 Å². The Kier molecular flexibility index (Phi) is 5.50. The van der Waals surface area contributed by atoms with Crippen molar-refractivity contribution in [2.24, 2.45) is 17.8 Å². The molecule has 0 bridgehead atoms. The molecular weight excluding hydrogens is 356 g/mol. The molecule has 0 unspecified atom stereocenters. The number of urea groups is 1. The van der Waals surface area contributed by atoms with E-state index in [1.807, 2.05) is 30.3 Å². The van der Waals surface area contributed by atoms with Gasteiger partial charge >= 0.3 is 6.03 Å². The SMILES string of the molecule is O=C1CN(C(=O)NCc2ccccc2)C[C@H]2C[C@H](C(=O)NCC3CC3)C[C@H]2N1. The Morgan fingerprint density at radius 2 is 1.89 bits per heavy atom. The molecule has 0 radical (unpaired) electrons. The molecule has 1 aromatic carbocycles. The zero-order valence-electron chi connectivity index (χ0n) is 16.0. The highest BCUT2D eigenvalue weighted by Gasteiger charge is 2.42. The minimum absolute atomic E-state index is 0.0314. The summed E-state index contributed by atoms with van der Waals surface area (Å²) < 4.78 is 0. The number of hydrogen-bond donors (Lipinski definition) is 3. The number of nitrogens with zero attached hydrogens (tertiary/aromatic N) is 1. The van der Waals surface area contributed by atoms with Gasteiger partial charge in [0.1, 0.15) is 6.54 Å². The number of nitrogens with one attached hydrogen (secondary N) is 3. The van der Waals surface area contributed by atoms with Gasteiger partial charge in [0.15, 0.2) is 0 Å². The van der Waals surface area contributed by atoms with Crippen LogP contribution < -0.4 is 16.0 Å². The van der Waals surface area contributed by atoms with Crippen LogP contribution in [-0.4, -0.2) is 48.4 Å². The minimum atomic E-state index is -0.235. The van der Waals surface area contributed by atoms with Crippen LogP contribution in [0.25, 0.3) is 0 Å². The third kappa shape index (κ3) is 4.64. The second-order valence-electron chi connectivity index (χ2n) is 8.32. The van der Waals surface area contributed by atoms with Crippen molar-refractivity contribution < 1.29 is 14.4 Å². The lowest BCUT2D eigenvalue weighted by atomic mass is 10.0. The van der Waals surface area contributed by atoms with E-state index in [1.165, 1.54) is 12.8 Å². The molecule has 0 aromatic heterocycles. The van der Waals surface area contributed by atoms with Gasteiger partial charge in [-0.2, -0.15) is 0 Å². The summed E-state index contributed by atoms with van der Waals surface area (Å²) in [5.74, 6) is 0.627. The van der Waals surface area contributed by atoms with Gasteiger partial charge in [0, 0.05) is 31.6 Å². The van der Waals surface area contributed by atoms with Crippen LogP contribution in [0.2, 0.25) is 0 Å². The largest absolute Gasteiger partial charge is 0.356 e. The molecule has 2 aliphatic carbocycles. The summed E-state index contributed by atoms with van der Waals surface area (Å²) in [6.45, 7) is 1.76. The standard InChI is InChI=1S/C21H28N4O3/c26-19-13-25(21(28)23-11-14-4-2-1-3-5-14)12-17-8-16(9-18(17)24-19)20(27)22-10-15-6-7-15/h1-5,15-18H,6-13H2,(H,22,27)(H,23,28)(H,24,26)/t16-,17+,18+/m0/s1. The van der Waals surface area contributed by atoms with Crippen molar-refractivity contribution in [2.75, 3.05) is 19.6 Å². The van der Waals surface area contributed by atoms with Crippen molar-refractivity contribution in [1.29, 1.82) is 0 Å². The van der Waals surface area contributed by atoms with E-state index in [1.54, 1.807) is 4.90 Å². The number of rotatable bonds is 5. The number of carbonyl (C=O) groups is 3. The normalized spacial score (nSPS) is 26.8. The zero-order chi connectivity index (χ0) is 19.5. The second kappa shape index (κ2) is 8.20. The fourth-order valence-electron chi connectivity index (χ4n) is 4.24. The highest BCUT2D eigenvalue weighted by molar-refractivity contribution is 5.85. The Bertz CT molecular complexity index is 734. The summed E-state index contributed by atoms with van der Waals surface area (Å²) in [7, 11) is 0. The monoisotopic (exact) mass is 384 g/mol. The molecule has 3 atom stereocenters. The molecule has 3 fully saturated rings. The van der Waals surface area contributed by atoms with Gasteiger partial charge in [0.05, 0.1) is 0 Å². The molecule has 4 rings (SSSR count). The predicted molar refractivity (Wildman–Crippen MR) is 104 cm³/mol. The number of carbonyl (C=O) groups excluding carboxylic acids is 3. The Morgan fingerprint density at radius 1 is 1.11 bits per heavy atom. The van der Waals surface area contributed by atoms with Crippen LogP contribution in [0.4, 0.5) is 4.79 Å². The number of hydrogen-bond acceptors (Lipinski definition) is 3. The topological polar surface area (TPSA) is 90.5 Å². The first-order valence-corrected chi connectivity index (χ1v) is 10.2. The van der Waals surface area contributed by atoms with Gasteiger partial charge < -0.3 is 20.9 Å². The maximum atomic E-state index is 12.6. The Hall–Kier alpha value is -2.57. The highest BCUT2D eigenvalue weighted by Crippen LogP contribution is 2.34. The van der Waals surface area contributed by atoms with Gasteiger partial charge in [-0.1, -0.05) is 30.3 Å². The third-order valence-corrected chi connectivity index (χ3v) is 6.04. The fourth-order valence-corrected chi connectivity index (χ4v) is 4.24. The number of fused-ring (bicyclic) bond motifs is 1. The third-order valence-electron chi connectivity index (χ3n) is 6.04. The Morgan fingerprint density at radius 3 is 2.64 bits per heavy atom. The van der Waals surface area contributed by atoms with Gasteiger partial charge in [-0.15, -0.1) is 0 Å². The molecule has 150 valence electrons. The molecule has 3 aliphatic rings. The van der Waals surface area contributed by atoms with E-state index in [2.05, 4.69) is 16.0 Å². The molecule has 4 amide bonds. The number of amides is 4. The van der Waals surface area contributed by atoms with Crippen molar-refractivity contribution in [3.8, 4) is 0 Å². The highest BCUT2D eigenvalue weighted by atomic mass is 16.2. The molecule has 1 saturated heterocycles. The van der Waals surface area contributed by atoms with Crippen molar-refractivity contribution in [3.63, 3.8) is 0 Å². The molecule has 1 aliphatic heterocycles. The summed E-state index contributed by atoms with van der Waals surface area (Å²) in [5, 5.41) is 8.97. The van der Waals surface area contributed by atoms with E-state index in [9.17, 15) is 14.4 Å². The van der Waals surface area contributed by atoms with E-state index in [-0.39, 0.29) is 42.3 Å². The number of benzene rings is 1. The van der Waals surface area contributed by atoms with Crippen molar-refractivity contribution in [3.05, 3.63) is 35.9 Å². The van der Waals surface area contributed by atoms with Crippen LogP contribution in [0.1, 0.15) is 31.2 Å². The van der Waals surface area contributed by atoms with E-state index in [4.69, 9.17) is 0 Å². The lowest BCUT2D eigenvalue weighted by Crippen LogP contribution is -2.44. The van der Waals surface area contributed by atoms with Crippen molar-refractivity contribution in [2.45, 2.75) is 38.3 Å². The molecule has 28 heavy (non-hydrogen) atoms. The Balaban J connectivity index is 1.32. The van der Waals surface area contributed by atoms with E-state index in [0.717, 1.165) is 12.1 Å². The summed E-state index contributed by atoms with van der Waals surface area (Å²) in [6, 6.07) is 9.43. The predicted octanol–water partition coefficient (Wildman–Crippen LogP) is 1.25. The van der Waals surface area contributed by atoms with Crippen LogP contribution in [0, 0.1) is 17.8 Å². The molecule has 3 N–H and O–H groups in total. The first kappa shape index (κ1) is 18.8. The van der Waals surface area contributed by atoms with Crippen molar-refractivity contribution >= 4 is 17.8 Å². The average Bonchev–Trinajstić information content (AvgIpc) is 3.47. The molecule has 0 spiro atoms. The quantitative estimate of drug-likeness (QED) is 0.714. The molecule has 7 heteroatoms. The van der Waals surface area contributed by atoms with E-state index < -0.39 is 0 Å². The first-order valence-electron chi connectivity index (χ1n) is 10.2. The van der Waals surface area contributed by atoms with Crippen LogP contribution >= 0.6 is 0 Å². The minimum Gasteiger partial charge on any atom is -0.356 e. The fraction of sp³-hybridized carbons (Fsp3) is 0.571. The molecule has 2 saturated carbocycles. The lowest BCUT2D eigenvalue weighted by Gasteiger charge is -2.23. The second-order valence-corrected chi connectivity index (χ2v) is 8.32. The van der Waals surface area contributed by atoms with Crippen LogP contribution in [0.5, 0.6) is 0 Å². The smallest absolute Gasteiger partial charge is 0.318 e. The summed E-state index contributed by atoms with van der Waals surface area (Å²) in [4.78, 5) is 38.9. The van der Waals surface area contributed by atoms with Gasteiger partial charge in [-0.3, -0.25) is 9.59 Å². The summed E-state index contributed by atoms with van der Waals surface area (Å²) in [6.07, 6.45) is 3.79. The summed E-state index contributed by atoms with van der Waals surface area (Å²) in [5.41, 5.74) is 1.02. The lowest BCUT2D eigenvalue weighted by molar-refractivity contribution is -0.125. The Labute approximate surface area is 165 Å². The average molecular weight is 384 g/mol. The van der Waals surface area contributed by atoms with Gasteiger partial charge in [-0.05, 0) is 43.1 Å². The van der Waals surface area contributed by atoms with E-state index in [0.29, 0.717) is 31.8 Å². The zero-order valence-corrected chi connectivity index (χ0v) is 16.0. The molecule has 7 nitrogen and oxygen atoms in total. The van der Waals surface area contributed by atoms with Gasteiger partial charge in [-0.25, -0.2) is 4.79 Å². The first-order chi connectivity index (χ1) is 13.6. The maximum absolute atomic E-state index is 12.6. The van der Waals surface area contributed by atoms with Crippen LogP contribution in [0.15, 0.2) is 30.3 Å². The van der Waals surface area contributed by atoms with Crippen LogP contribution in [0.3, 0.4) is 0 Å². The molecule has 1 heterocycles. The van der Waals surface area contributed by atoms with E-state index >= 15 is 0 Å². The molecule has 1 aromatic rings. The van der Waals surface area contributed by atoms with Gasteiger partial charge in [0.2, 0.25) is 11.8 Å². The molecular formula is C21H28N4O3. The van der Waals surface area contributed by atoms with Crippen molar-refractivity contribution in [1.82, 2.24) is 20.9 Å². The summed E-state index contributed by atoms with van der Waals surface area (Å²) >= 11 is 0.